The molecule has 0 aliphatic carbocycles. The van der Waals surface area contributed by atoms with Gasteiger partial charge in [0.2, 0.25) is 0 Å². The predicted molar refractivity (Wildman–Crippen MR) is 175 cm³/mol. The number of benzene rings is 5. The normalized spacial score (nSPS) is 11.5. The summed E-state index contributed by atoms with van der Waals surface area (Å²) >= 11 is 0. The molecule has 0 N–H and O–H groups in total. The van der Waals surface area contributed by atoms with Crippen molar-refractivity contribution in [2.45, 2.75) is 39.5 Å². The van der Waals surface area contributed by atoms with Gasteiger partial charge in [-0.2, -0.15) is 0 Å². The van der Waals surface area contributed by atoms with E-state index in [0.717, 1.165) is 0 Å². The molecule has 196 valence electrons. The van der Waals surface area contributed by atoms with E-state index in [1.807, 2.05) is 0 Å². The average Bonchev–Trinajstić information content (AvgIpc) is 2.98. The predicted octanol–water partition coefficient (Wildman–Crippen LogP) is 8.84. The number of rotatable bonds is 9. The molecule has 0 amide bonds. The zero-order chi connectivity index (χ0) is 27.2. The van der Waals surface area contributed by atoms with Gasteiger partial charge in [-0.15, -0.1) is 0 Å². The quantitative estimate of drug-likeness (QED) is 0.167. The second-order valence-electron chi connectivity index (χ2n) is 10.3. The van der Waals surface area contributed by atoms with Crippen LogP contribution in [-0.2, 0) is 0 Å². The second kappa shape index (κ2) is 12.7. The van der Waals surface area contributed by atoms with E-state index in [9.17, 15) is 0 Å². The van der Waals surface area contributed by atoms with Crippen molar-refractivity contribution in [2.75, 3.05) is 4.44 Å². The summed E-state index contributed by atoms with van der Waals surface area (Å²) in [5, 5.41) is 5.47. The molecule has 0 saturated carbocycles. The first-order valence-corrected chi connectivity index (χ1v) is 16.4. The van der Waals surface area contributed by atoms with Crippen LogP contribution in [0.4, 0.5) is 5.69 Å². The third kappa shape index (κ3) is 6.01. The van der Waals surface area contributed by atoms with Crippen molar-refractivity contribution in [1.29, 1.82) is 0 Å². The maximum absolute atomic E-state index is 2.85. The Morgan fingerprint density at radius 1 is 0.385 bits per heavy atom. The number of nitrogens with zero attached hydrogens (tertiary/aromatic N) is 1. The lowest BCUT2D eigenvalue weighted by molar-refractivity contribution is 0.837. The monoisotopic (exact) mass is 545 g/mol. The minimum atomic E-state index is -0.897. The van der Waals surface area contributed by atoms with Crippen molar-refractivity contribution < 1.29 is 0 Å². The molecule has 0 atom stereocenters. The Bertz CT molecular complexity index is 1260. The highest BCUT2D eigenvalue weighted by molar-refractivity contribution is 7.90. The summed E-state index contributed by atoms with van der Waals surface area (Å²) in [6, 6.07) is 51.6. The summed E-state index contributed by atoms with van der Waals surface area (Å²) in [5.74, 6) is 0.793. The van der Waals surface area contributed by atoms with Crippen LogP contribution in [0.15, 0.2) is 140 Å². The molecule has 5 aromatic rings. The van der Waals surface area contributed by atoms with Crippen molar-refractivity contribution >= 4 is 43.1 Å². The van der Waals surface area contributed by atoms with Gasteiger partial charge < -0.3 is 4.44 Å². The standard InChI is InChI=1S/C36H37NP2/c1-28(2)34-26-17-27-35(29(3)4)36(34)37(38(30-18-9-5-10-19-30)31-20-11-6-12-21-31)39(32-22-13-7-14-23-32)33-24-15-8-16-25-33/h5-29H,1-4H3. The van der Waals surface area contributed by atoms with E-state index in [2.05, 4.69) is 172 Å². The molecule has 5 aromatic carbocycles. The molecule has 0 fully saturated rings. The fourth-order valence-corrected chi connectivity index (χ4v) is 11.2. The van der Waals surface area contributed by atoms with Crippen LogP contribution in [0, 0.1) is 0 Å². The number of hydrogen-bond donors (Lipinski definition) is 0. The molecule has 1 nitrogen and oxygen atoms in total. The molecule has 5 rings (SSSR count). The van der Waals surface area contributed by atoms with Gasteiger partial charge in [0.25, 0.3) is 0 Å². The van der Waals surface area contributed by atoms with E-state index < -0.39 is 16.1 Å². The molecule has 0 bridgehead atoms. The number of hydrogen-bond acceptors (Lipinski definition) is 1. The maximum atomic E-state index is 2.85. The van der Waals surface area contributed by atoms with Crippen molar-refractivity contribution in [2.24, 2.45) is 0 Å². The fraction of sp³-hybridized carbons (Fsp3) is 0.167. The molecule has 0 aliphatic heterocycles. The molecule has 0 spiro atoms. The Morgan fingerprint density at radius 3 is 0.923 bits per heavy atom. The van der Waals surface area contributed by atoms with Gasteiger partial charge in [0, 0.05) is 21.2 Å². The van der Waals surface area contributed by atoms with Crippen LogP contribution >= 0.6 is 16.1 Å². The molecule has 0 heterocycles. The van der Waals surface area contributed by atoms with Gasteiger partial charge in [-0.05, 0) is 23.0 Å². The van der Waals surface area contributed by atoms with Crippen LogP contribution in [0.1, 0.15) is 50.7 Å². The Morgan fingerprint density at radius 2 is 0.667 bits per heavy atom. The minimum absolute atomic E-state index is 0.396. The third-order valence-corrected chi connectivity index (χ3v) is 12.3. The van der Waals surface area contributed by atoms with Crippen LogP contribution in [0.2, 0.25) is 0 Å². The highest BCUT2D eigenvalue weighted by Crippen LogP contribution is 2.59. The highest BCUT2D eigenvalue weighted by Gasteiger charge is 2.35. The van der Waals surface area contributed by atoms with Crippen LogP contribution in [-0.4, -0.2) is 0 Å². The van der Waals surface area contributed by atoms with Gasteiger partial charge in [0.1, 0.15) is 0 Å². The largest absolute Gasteiger partial charge is 0.312 e. The van der Waals surface area contributed by atoms with Crippen LogP contribution < -0.4 is 25.7 Å². The fourth-order valence-electron chi connectivity index (χ4n) is 5.04. The van der Waals surface area contributed by atoms with E-state index in [1.54, 1.807) is 0 Å². The molecule has 0 aromatic heterocycles. The van der Waals surface area contributed by atoms with Crippen molar-refractivity contribution in [3.63, 3.8) is 0 Å². The molecular weight excluding hydrogens is 508 g/mol. The van der Waals surface area contributed by atoms with Crippen LogP contribution in [0.5, 0.6) is 0 Å². The van der Waals surface area contributed by atoms with Gasteiger partial charge in [-0.25, -0.2) is 0 Å². The maximum Gasteiger partial charge on any atom is 0.0590 e. The molecule has 0 saturated heterocycles. The summed E-state index contributed by atoms with van der Waals surface area (Å²) in [6.07, 6.45) is 0. The van der Waals surface area contributed by atoms with Crippen molar-refractivity contribution in [1.82, 2.24) is 0 Å². The number of anilines is 1. The third-order valence-electron chi connectivity index (χ3n) is 6.92. The minimum Gasteiger partial charge on any atom is -0.312 e. The van der Waals surface area contributed by atoms with Crippen molar-refractivity contribution in [3.8, 4) is 0 Å². The SMILES string of the molecule is CC(C)c1cccc(C(C)C)c1N(P(c1ccccc1)c1ccccc1)P(c1ccccc1)c1ccccc1. The summed E-state index contributed by atoms with van der Waals surface area (Å²) in [4.78, 5) is 0. The zero-order valence-corrected chi connectivity index (χ0v) is 25.1. The lowest BCUT2D eigenvalue weighted by atomic mass is 9.93. The Labute approximate surface area is 237 Å². The average molecular weight is 546 g/mol. The summed E-state index contributed by atoms with van der Waals surface area (Å²) < 4.78 is 2.85. The smallest absolute Gasteiger partial charge is 0.0590 e. The van der Waals surface area contributed by atoms with Gasteiger partial charge in [0.05, 0.1) is 21.8 Å². The van der Waals surface area contributed by atoms with E-state index in [1.165, 1.54) is 38.0 Å². The Hall–Kier alpha value is -3.24. The Kier molecular flexibility index (Phi) is 8.93. The number of para-hydroxylation sites is 1. The van der Waals surface area contributed by atoms with Crippen LogP contribution in [0.25, 0.3) is 0 Å². The first-order chi connectivity index (χ1) is 19.1. The van der Waals surface area contributed by atoms with Gasteiger partial charge in [-0.1, -0.05) is 167 Å². The summed E-state index contributed by atoms with van der Waals surface area (Å²) in [7, 11) is -1.79. The lowest BCUT2D eigenvalue weighted by Gasteiger charge is -2.43. The van der Waals surface area contributed by atoms with Gasteiger partial charge in [0.15, 0.2) is 0 Å². The van der Waals surface area contributed by atoms with Gasteiger partial charge >= 0.3 is 0 Å². The van der Waals surface area contributed by atoms with Crippen LogP contribution in [0.3, 0.4) is 0 Å². The van der Waals surface area contributed by atoms with Gasteiger partial charge in [-0.3, -0.25) is 0 Å². The molecule has 3 heteroatoms. The lowest BCUT2D eigenvalue weighted by Crippen LogP contribution is -2.33. The molecule has 0 aliphatic rings. The van der Waals surface area contributed by atoms with E-state index in [0.29, 0.717) is 11.8 Å². The molecular formula is C36H37NP2. The summed E-state index contributed by atoms with van der Waals surface area (Å²) in [5.41, 5.74) is 4.24. The molecule has 0 radical (unpaired) electrons. The van der Waals surface area contributed by atoms with E-state index >= 15 is 0 Å². The first kappa shape index (κ1) is 27.3. The topological polar surface area (TPSA) is 3.24 Å². The highest BCUT2D eigenvalue weighted by atomic mass is 31.2. The zero-order valence-electron chi connectivity index (χ0n) is 23.3. The first-order valence-electron chi connectivity index (χ1n) is 13.8. The van der Waals surface area contributed by atoms with Crippen molar-refractivity contribution in [3.05, 3.63) is 151 Å². The summed E-state index contributed by atoms with van der Waals surface area (Å²) in [6.45, 7) is 9.34. The Balaban J connectivity index is 1.92. The van der Waals surface area contributed by atoms with E-state index in [4.69, 9.17) is 0 Å². The molecule has 39 heavy (non-hydrogen) atoms. The second-order valence-corrected chi connectivity index (χ2v) is 14.8. The molecule has 0 unspecified atom stereocenters. The van der Waals surface area contributed by atoms with E-state index in [-0.39, 0.29) is 0 Å².